The summed E-state index contributed by atoms with van der Waals surface area (Å²) < 4.78 is 8.58. The summed E-state index contributed by atoms with van der Waals surface area (Å²) in [6.45, 7) is 39.4. The van der Waals surface area contributed by atoms with Gasteiger partial charge in [-0.15, -0.1) is 31.7 Å². The van der Waals surface area contributed by atoms with Crippen LogP contribution < -0.4 is 0 Å². The summed E-state index contributed by atoms with van der Waals surface area (Å²) >= 11 is 1.49. The minimum atomic E-state index is 0. The minimum absolute atomic E-state index is 0. The standard InChI is InChI=1S/3C5H12.3C4H10.2C2H2N2O.C2H2N2S.2CH4/c3*1-4-5(2)3;3*1-4(2)3;1-3-4-2-5-1;1-3-2-5-4-1;1-3-4-2-5-1;;/h3*5H,4H2,1-3H3;3*4H,1-3H3;3*1-2H;2*1H4. The third-order valence-electron chi connectivity index (χ3n) is 3.30. The Morgan fingerprint density at radius 2 is 0.773 bits per heavy atom. The lowest BCUT2D eigenvalue weighted by Gasteiger charge is -1.90. The van der Waals surface area contributed by atoms with Crippen molar-refractivity contribution in [2.45, 2.75) is 159 Å². The minimum Gasteiger partial charge on any atom is -0.431 e. The summed E-state index contributed by atoms with van der Waals surface area (Å²) in [6, 6.07) is 0. The second-order valence-electron chi connectivity index (χ2n) is 12.3. The molecule has 3 aromatic rings. The van der Waals surface area contributed by atoms with E-state index in [1.54, 1.807) is 11.0 Å². The molecule has 0 saturated heterocycles. The van der Waals surface area contributed by atoms with Gasteiger partial charge in [-0.05, 0) is 35.5 Å². The van der Waals surface area contributed by atoms with Crippen LogP contribution in [0, 0.1) is 35.5 Å². The fraction of sp³-hybridized carbons (Fsp3) is 0.829. The molecule has 0 spiro atoms. The Labute approximate surface area is 281 Å². The lowest BCUT2D eigenvalue weighted by molar-refractivity contribution is 0.416. The van der Waals surface area contributed by atoms with Gasteiger partial charge in [0.2, 0.25) is 19.2 Å². The van der Waals surface area contributed by atoms with Crippen molar-refractivity contribution in [3.63, 3.8) is 0 Å². The zero-order valence-corrected chi connectivity index (χ0v) is 31.8. The molecule has 0 saturated carbocycles. The quantitative estimate of drug-likeness (QED) is 0.276. The van der Waals surface area contributed by atoms with Gasteiger partial charge in [0, 0.05) is 0 Å². The molecule has 8 nitrogen and oxygen atoms in total. The van der Waals surface area contributed by atoms with E-state index >= 15 is 0 Å². The number of aromatic nitrogens is 6. The molecular formula is C35H80N6O2S. The molecule has 0 fully saturated rings. The van der Waals surface area contributed by atoms with Crippen LogP contribution in [0.1, 0.15) is 159 Å². The van der Waals surface area contributed by atoms with Gasteiger partial charge < -0.3 is 8.94 Å². The van der Waals surface area contributed by atoms with Crippen molar-refractivity contribution >= 4 is 11.3 Å². The summed E-state index contributed by atoms with van der Waals surface area (Å²) in [6.07, 6.45) is 9.04. The van der Waals surface area contributed by atoms with E-state index < -0.39 is 0 Å². The van der Waals surface area contributed by atoms with Gasteiger partial charge in [-0.25, -0.2) is 4.98 Å². The fourth-order valence-corrected chi connectivity index (χ4v) is 0.680. The van der Waals surface area contributed by atoms with E-state index in [0.717, 1.165) is 35.5 Å². The molecule has 268 valence electrons. The highest BCUT2D eigenvalue weighted by Gasteiger charge is 1.81. The summed E-state index contributed by atoms with van der Waals surface area (Å²) in [5.41, 5.74) is 3.36. The molecule has 0 radical (unpaired) electrons. The first kappa shape index (κ1) is 60.9. The highest BCUT2D eigenvalue weighted by molar-refractivity contribution is 7.07. The van der Waals surface area contributed by atoms with Gasteiger partial charge in [-0.1, -0.05) is 164 Å². The summed E-state index contributed by atoms with van der Waals surface area (Å²) in [4.78, 5) is 3.44. The second-order valence-corrected chi connectivity index (χ2v) is 13.0. The molecule has 0 aliphatic heterocycles. The van der Waals surface area contributed by atoms with E-state index in [-0.39, 0.29) is 14.9 Å². The first-order valence-corrected chi connectivity index (χ1v) is 16.5. The fourth-order valence-electron chi connectivity index (χ4n) is 0.408. The molecule has 44 heavy (non-hydrogen) atoms. The topological polar surface area (TPSA) is 104 Å². The van der Waals surface area contributed by atoms with Crippen molar-refractivity contribution in [1.29, 1.82) is 0 Å². The average molecular weight is 649 g/mol. The Bertz CT molecular complexity index is 519. The molecule has 0 bridgehead atoms. The van der Waals surface area contributed by atoms with Gasteiger partial charge in [0.1, 0.15) is 11.0 Å². The zero-order valence-electron chi connectivity index (χ0n) is 31.0. The largest absolute Gasteiger partial charge is 0.431 e. The Kier molecular flexibility index (Phi) is 78.4. The van der Waals surface area contributed by atoms with Gasteiger partial charge in [-0.2, -0.15) is 0 Å². The van der Waals surface area contributed by atoms with Gasteiger partial charge in [0.25, 0.3) is 0 Å². The van der Waals surface area contributed by atoms with Crippen LogP contribution in [0.5, 0.6) is 0 Å². The maximum Gasteiger partial charge on any atom is 0.213 e. The molecule has 3 rings (SSSR count). The Morgan fingerprint density at radius 3 is 0.841 bits per heavy atom. The van der Waals surface area contributed by atoms with Crippen LogP contribution in [0.25, 0.3) is 0 Å². The normalized spacial score (nSPS) is 8.45. The molecule has 0 atom stereocenters. The van der Waals surface area contributed by atoms with Crippen LogP contribution in [0.3, 0.4) is 0 Å². The number of rotatable bonds is 3. The van der Waals surface area contributed by atoms with Crippen LogP contribution >= 0.6 is 11.3 Å². The molecule has 3 heterocycles. The van der Waals surface area contributed by atoms with E-state index in [9.17, 15) is 0 Å². The van der Waals surface area contributed by atoms with Crippen LogP contribution in [0.15, 0.2) is 45.5 Å². The molecule has 0 unspecified atom stereocenters. The van der Waals surface area contributed by atoms with E-state index in [1.165, 1.54) is 56.1 Å². The Morgan fingerprint density at radius 1 is 0.500 bits per heavy atom. The van der Waals surface area contributed by atoms with E-state index in [4.69, 9.17) is 0 Å². The third-order valence-corrected chi connectivity index (χ3v) is 3.73. The summed E-state index contributed by atoms with van der Waals surface area (Å²) in [7, 11) is 0. The molecule has 0 N–H and O–H groups in total. The van der Waals surface area contributed by atoms with Crippen LogP contribution in [0.2, 0.25) is 0 Å². The Balaban J connectivity index is -0.0000000550. The Hall–Kier alpha value is -2.16. The number of hydrogen-bond acceptors (Lipinski definition) is 9. The highest BCUT2D eigenvalue weighted by Crippen LogP contribution is 1.95. The van der Waals surface area contributed by atoms with Crippen molar-refractivity contribution in [3.8, 4) is 0 Å². The molecule has 0 aromatic carbocycles. The monoisotopic (exact) mass is 649 g/mol. The molecular weight excluding hydrogens is 568 g/mol. The van der Waals surface area contributed by atoms with Gasteiger partial charge in [-0.3, -0.25) is 0 Å². The van der Waals surface area contributed by atoms with E-state index in [1.807, 2.05) is 0 Å². The molecule has 0 amide bonds. The highest BCUT2D eigenvalue weighted by atomic mass is 32.1. The lowest BCUT2D eigenvalue weighted by atomic mass is 10.2. The van der Waals surface area contributed by atoms with Gasteiger partial charge in [0.15, 0.2) is 6.33 Å². The van der Waals surface area contributed by atoms with Crippen molar-refractivity contribution in [1.82, 2.24) is 30.5 Å². The first-order valence-electron chi connectivity index (χ1n) is 15.6. The SMILES string of the molecule is C.C.CC(C)C.CC(C)C.CC(C)C.CCC(C)C.CCC(C)C.CCC(C)C.c1ncon1.c1nnco1.c1nncs1. The smallest absolute Gasteiger partial charge is 0.213 e. The third kappa shape index (κ3) is 169. The summed E-state index contributed by atoms with van der Waals surface area (Å²) in [5, 5.41) is 16.8. The second kappa shape index (κ2) is 56.6. The molecule has 0 aliphatic rings. The maximum atomic E-state index is 4.36. The number of hydrogen-bond donors (Lipinski definition) is 0. The van der Waals surface area contributed by atoms with Crippen molar-refractivity contribution in [2.75, 3.05) is 0 Å². The van der Waals surface area contributed by atoms with Crippen molar-refractivity contribution in [2.24, 2.45) is 35.5 Å². The van der Waals surface area contributed by atoms with Crippen LogP contribution in [0.4, 0.5) is 0 Å². The predicted molar refractivity (Wildman–Crippen MR) is 199 cm³/mol. The van der Waals surface area contributed by atoms with Crippen LogP contribution in [-0.4, -0.2) is 30.5 Å². The lowest BCUT2D eigenvalue weighted by Crippen LogP contribution is -1.77. The van der Waals surface area contributed by atoms with Gasteiger partial charge >= 0.3 is 0 Å². The molecule has 3 aromatic heterocycles. The summed E-state index contributed by atoms with van der Waals surface area (Å²) in [5.74, 6) is 5.15. The van der Waals surface area contributed by atoms with Crippen molar-refractivity contribution < 1.29 is 8.94 Å². The molecule has 9 heteroatoms. The zero-order chi connectivity index (χ0) is 34.2. The van der Waals surface area contributed by atoms with Crippen LogP contribution in [-0.2, 0) is 0 Å². The number of nitrogens with zero attached hydrogens (tertiary/aromatic N) is 6. The van der Waals surface area contributed by atoms with Gasteiger partial charge in [0.05, 0.1) is 0 Å². The van der Waals surface area contributed by atoms with Crippen molar-refractivity contribution in [3.05, 3.63) is 36.5 Å². The predicted octanol–water partition coefficient (Wildman–Crippen LogP) is 13.1. The first-order chi connectivity index (χ1) is 19.5. The van der Waals surface area contributed by atoms with E-state index in [2.05, 4.69) is 164 Å². The average Bonchev–Trinajstić information content (AvgIpc) is 3.71. The van der Waals surface area contributed by atoms with E-state index in [0.29, 0.717) is 0 Å². The maximum absolute atomic E-state index is 4.36. The molecule has 0 aliphatic carbocycles.